The maximum Gasteiger partial charge on any atom is 0.266 e. The van der Waals surface area contributed by atoms with Crippen LogP contribution in [0, 0.1) is 5.92 Å². The summed E-state index contributed by atoms with van der Waals surface area (Å²) in [7, 11) is 0. The van der Waals surface area contributed by atoms with Crippen LogP contribution in [0.15, 0.2) is 58.5 Å². The Bertz CT molecular complexity index is 1130. The molecule has 0 spiro atoms. The Morgan fingerprint density at radius 2 is 1.90 bits per heavy atom. The van der Waals surface area contributed by atoms with Crippen LogP contribution in [0.1, 0.15) is 32.6 Å². The van der Waals surface area contributed by atoms with Crippen LogP contribution in [-0.2, 0) is 4.79 Å². The number of amides is 1. The summed E-state index contributed by atoms with van der Waals surface area (Å²) in [5.74, 6) is 0.651. The molecule has 1 saturated carbocycles. The van der Waals surface area contributed by atoms with Crippen molar-refractivity contribution in [3.8, 4) is 5.69 Å². The van der Waals surface area contributed by atoms with Crippen molar-refractivity contribution in [1.29, 1.82) is 0 Å². The van der Waals surface area contributed by atoms with Gasteiger partial charge in [-0.15, -0.1) is 0 Å². The zero-order valence-corrected chi connectivity index (χ0v) is 18.4. The number of para-hydroxylation sites is 2. The van der Waals surface area contributed by atoms with Gasteiger partial charge in [0.15, 0.2) is 5.16 Å². The summed E-state index contributed by atoms with van der Waals surface area (Å²) in [6, 6.07) is 14.6. The number of hydrogen-bond acceptors (Lipinski definition) is 4. The number of hydrogen-bond donors (Lipinski definition) is 1. The number of fused-ring (bicyclic) bond motifs is 1. The van der Waals surface area contributed by atoms with Gasteiger partial charge >= 0.3 is 0 Å². The van der Waals surface area contributed by atoms with Crippen LogP contribution in [-0.4, -0.2) is 27.3 Å². The third-order valence-electron chi connectivity index (χ3n) is 5.63. The molecule has 0 saturated heterocycles. The van der Waals surface area contributed by atoms with Crippen LogP contribution in [0.2, 0.25) is 5.02 Å². The topological polar surface area (TPSA) is 64.0 Å². The van der Waals surface area contributed by atoms with E-state index in [2.05, 4.69) is 17.2 Å². The maximum absolute atomic E-state index is 13.3. The highest BCUT2D eigenvalue weighted by Crippen LogP contribution is 2.27. The van der Waals surface area contributed by atoms with Crippen molar-refractivity contribution in [1.82, 2.24) is 14.9 Å². The second kappa shape index (κ2) is 9.23. The second-order valence-electron chi connectivity index (χ2n) is 7.73. The van der Waals surface area contributed by atoms with Gasteiger partial charge in [0.2, 0.25) is 5.91 Å². The van der Waals surface area contributed by atoms with Crippen molar-refractivity contribution in [2.45, 2.75) is 43.8 Å². The van der Waals surface area contributed by atoms with Crippen molar-refractivity contribution in [2.24, 2.45) is 5.92 Å². The van der Waals surface area contributed by atoms with Crippen LogP contribution in [0.4, 0.5) is 0 Å². The summed E-state index contributed by atoms with van der Waals surface area (Å²) in [6.07, 6.45) is 4.56. The lowest BCUT2D eigenvalue weighted by atomic mass is 9.86. The summed E-state index contributed by atoms with van der Waals surface area (Å²) in [4.78, 5) is 30.6. The third-order valence-corrected chi connectivity index (χ3v) is 6.89. The van der Waals surface area contributed by atoms with E-state index in [0.29, 0.717) is 32.7 Å². The number of carbonyl (C=O) groups is 1. The Morgan fingerprint density at radius 1 is 1.17 bits per heavy atom. The van der Waals surface area contributed by atoms with Gasteiger partial charge in [0.05, 0.1) is 27.4 Å². The minimum Gasteiger partial charge on any atom is -0.352 e. The molecule has 2 atom stereocenters. The summed E-state index contributed by atoms with van der Waals surface area (Å²) in [6.45, 7) is 2.19. The molecule has 2 aromatic carbocycles. The molecule has 0 aliphatic heterocycles. The molecule has 5 nitrogen and oxygen atoms in total. The van der Waals surface area contributed by atoms with Crippen LogP contribution in [0.5, 0.6) is 0 Å². The van der Waals surface area contributed by atoms with Crippen molar-refractivity contribution >= 4 is 40.2 Å². The summed E-state index contributed by atoms with van der Waals surface area (Å²) in [5, 5.41) is 4.59. The third kappa shape index (κ3) is 4.40. The van der Waals surface area contributed by atoms with E-state index in [1.54, 1.807) is 18.2 Å². The first-order valence-electron chi connectivity index (χ1n) is 10.2. The first kappa shape index (κ1) is 20.9. The molecular weight excluding hydrogens is 418 g/mol. The predicted molar refractivity (Wildman–Crippen MR) is 123 cm³/mol. The second-order valence-corrected chi connectivity index (χ2v) is 9.08. The maximum atomic E-state index is 13.3. The molecule has 156 valence electrons. The molecule has 30 heavy (non-hydrogen) atoms. The molecule has 7 heteroatoms. The van der Waals surface area contributed by atoms with E-state index in [-0.39, 0.29) is 23.3 Å². The molecule has 1 heterocycles. The number of halogens is 1. The summed E-state index contributed by atoms with van der Waals surface area (Å²) >= 11 is 7.64. The van der Waals surface area contributed by atoms with E-state index in [1.165, 1.54) is 22.7 Å². The fourth-order valence-corrected chi connectivity index (χ4v) is 5.00. The molecule has 1 N–H and O–H groups in total. The SMILES string of the molecule is CC1CCCCC1NC(=O)CSc1nc2ccccc2c(=O)n1-c1ccccc1Cl. The zero-order valence-electron chi connectivity index (χ0n) is 16.8. The van der Waals surface area contributed by atoms with Gasteiger partial charge in [-0.25, -0.2) is 4.98 Å². The van der Waals surface area contributed by atoms with E-state index in [0.717, 1.165) is 19.3 Å². The highest BCUT2D eigenvalue weighted by molar-refractivity contribution is 7.99. The summed E-state index contributed by atoms with van der Waals surface area (Å²) in [5.41, 5.74) is 0.971. The Hall–Kier alpha value is -2.31. The predicted octanol–water partition coefficient (Wildman–Crippen LogP) is 4.83. The molecule has 1 fully saturated rings. The highest BCUT2D eigenvalue weighted by Gasteiger charge is 2.23. The Morgan fingerprint density at radius 3 is 2.70 bits per heavy atom. The fourth-order valence-electron chi connectivity index (χ4n) is 3.96. The lowest BCUT2D eigenvalue weighted by molar-refractivity contribution is -0.119. The van der Waals surface area contributed by atoms with E-state index >= 15 is 0 Å². The Balaban J connectivity index is 1.64. The molecule has 3 aromatic rings. The minimum absolute atomic E-state index is 0.0353. The normalized spacial score (nSPS) is 19.0. The van der Waals surface area contributed by atoms with Gasteiger partial charge in [-0.3, -0.25) is 14.2 Å². The number of rotatable bonds is 5. The molecule has 4 rings (SSSR count). The van der Waals surface area contributed by atoms with E-state index in [1.807, 2.05) is 30.3 Å². The van der Waals surface area contributed by atoms with E-state index < -0.39 is 0 Å². The van der Waals surface area contributed by atoms with Crippen LogP contribution < -0.4 is 10.9 Å². The fraction of sp³-hybridized carbons (Fsp3) is 0.348. The molecular formula is C23H24ClN3O2S. The number of benzene rings is 2. The lowest BCUT2D eigenvalue weighted by Gasteiger charge is -2.29. The molecule has 1 aliphatic carbocycles. The van der Waals surface area contributed by atoms with Crippen molar-refractivity contribution in [3.63, 3.8) is 0 Å². The van der Waals surface area contributed by atoms with Crippen LogP contribution in [0.25, 0.3) is 16.6 Å². The first-order valence-corrected chi connectivity index (χ1v) is 11.6. The van der Waals surface area contributed by atoms with E-state index in [4.69, 9.17) is 11.6 Å². The number of nitrogens with zero attached hydrogens (tertiary/aromatic N) is 2. The van der Waals surface area contributed by atoms with Gasteiger partial charge in [-0.1, -0.05) is 67.4 Å². The molecule has 0 bridgehead atoms. The van der Waals surface area contributed by atoms with Crippen LogP contribution in [0.3, 0.4) is 0 Å². The van der Waals surface area contributed by atoms with Crippen molar-refractivity contribution < 1.29 is 4.79 Å². The molecule has 2 unspecified atom stereocenters. The number of aromatic nitrogens is 2. The number of carbonyl (C=O) groups excluding carboxylic acids is 1. The van der Waals surface area contributed by atoms with Gasteiger partial charge in [0.1, 0.15) is 0 Å². The average Bonchev–Trinajstić information content (AvgIpc) is 2.75. The largest absolute Gasteiger partial charge is 0.352 e. The van der Waals surface area contributed by atoms with Gasteiger partial charge in [0, 0.05) is 6.04 Å². The molecule has 1 amide bonds. The van der Waals surface area contributed by atoms with Gasteiger partial charge in [0.25, 0.3) is 5.56 Å². The minimum atomic E-state index is -0.197. The summed E-state index contributed by atoms with van der Waals surface area (Å²) < 4.78 is 1.51. The Labute approximate surface area is 184 Å². The van der Waals surface area contributed by atoms with Gasteiger partial charge < -0.3 is 5.32 Å². The molecule has 1 aromatic heterocycles. The monoisotopic (exact) mass is 441 g/mol. The smallest absolute Gasteiger partial charge is 0.266 e. The highest BCUT2D eigenvalue weighted by atomic mass is 35.5. The number of thioether (sulfide) groups is 1. The zero-order chi connectivity index (χ0) is 21.1. The van der Waals surface area contributed by atoms with Gasteiger partial charge in [-0.2, -0.15) is 0 Å². The molecule has 0 radical (unpaired) electrons. The quantitative estimate of drug-likeness (QED) is 0.455. The van der Waals surface area contributed by atoms with Crippen molar-refractivity contribution in [2.75, 3.05) is 5.75 Å². The number of nitrogens with one attached hydrogen (secondary N) is 1. The van der Waals surface area contributed by atoms with Crippen LogP contribution >= 0.6 is 23.4 Å². The van der Waals surface area contributed by atoms with Crippen molar-refractivity contribution in [3.05, 3.63) is 63.9 Å². The lowest BCUT2D eigenvalue weighted by Crippen LogP contribution is -2.41. The first-order chi connectivity index (χ1) is 14.5. The Kier molecular flexibility index (Phi) is 6.44. The molecule has 1 aliphatic rings. The van der Waals surface area contributed by atoms with E-state index in [9.17, 15) is 9.59 Å². The van der Waals surface area contributed by atoms with Gasteiger partial charge in [-0.05, 0) is 43.0 Å². The standard InChI is InChI=1S/C23H24ClN3O2S/c1-15-8-2-5-11-18(15)25-21(28)14-30-23-26-19-12-6-3-9-16(19)22(29)27(23)20-13-7-4-10-17(20)24/h3-4,6-7,9-10,12-13,15,18H,2,5,8,11,14H2,1H3,(H,25,28). The average molecular weight is 442 g/mol.